The van der Waals surface area contributed by atoms with Crippen LogP contribution in [-0.4, -0.2) is 18.4 Å². The summed E-state index contributed by atoms with van der Waals surface area (Å²) >= 11 is 0. The number of Topliss-reactive ketones (excluding diaryl/α,β-unsaturated/α-hetero) is 1. The average Bonchev–Trinajstić information content (AvgIpc) is 2.14. The second kappa shape index (κ2) is 5.65. The number of carbonyl (C=O) groups excluding carboxylic acids is 2. The third kappa shape index (κ3) is 3.30. The summed E-state index contributed by atoms with van der Waals surface area (Å²) in [5.74, 6) is 0.600. The highest BCUT2D eigenvalue weighted by molar-refractivity contribution is 5.81. The average molecular weight is 240 g/mol. The maximum absolute atomic E-state index is 11.9. The number of hydrogen-bond donors (Lipinski definition) is 0. The Bertz CT molecular complexity index is 288. The molecule has 0 saturated heterocycles. The quantitative estimate of drug-likeness (QED) is 0.529. The Balaban J connectivity index is 2.41. The minimum Gasteiger partial charge on any atom is -0.465 e. The summed E-state index contributed by atoms with van der Waals surface area (Å²) in [4.78, 5) is 23.1. The largest absolute Gasteiger partial charge is 0.465 e. The molecule has 0 bridgehead atoms. The minimum absolute atomic E-state index is 0.113. The normalized spacial score (nSPS) is 24.0. The SMILES string of the molecule is CCCCOC(=O)C(C)(C)C1CC(C(C)=O)C1. The van der Waals surface area contributed by atoms with Gasteiger partial charge in [0.25, 0.3) is 0 Å². The predicted molar refractivity (Wildman–Crippen MR) is 66.5 cm³/mol. The van der Waals surface area contributed by atoms with Crippen molar-refractivity contribution in [3.05, 3.63) is 0 Å². The lowest BCUT2D eigenvalue weighted by Gasteiger charge is -2.42. The molecular formula is C14H24O3. The minimum atomic E-state index is -0.445. The van der Waals surface area contributed by atoms with Crippen LogP contribution in [0.1, 0.15) is 53.4 Å². The van der Waals surface area contributed by atoms with E-state index in [9.17, 15) is 9.59 Å². The Morgan fingerprint density at radius 2 is 1.88 bits per heavy atom. The molecule has 1 rings (SSSR count). The maximum atomic E-state index is 11.9. The van der Waals surface area contributed by atoms with E-state index in [0.29, 0.717) is 12.5 Å². The molecule has 98 valence electrons. The number of ether oxygens (including phenoxy) is 1. The van der Waals surface area contributed by atoms with Gasteiger partial charge in [0, 0.05) is 5.92 Å². The summed E-state index contributed by atoms with van der Waals surface area (Å²) in [5.41, 5.74) is -0.445. The van der Waals surface area contributed by atoms with Gasteiger partial charge in [-0.05, 0) is 46.0 Å². The Kier molecular flexibility index (Phi) is 4.72. The predicted octanol–water partition coefficient (Wildman–Crippen LogP) is 2.97. The van der Waals surface area contributed by atoms with Crippen LogP contribution in [-0.2, 0) is 14.3 Å². The number of ketones is 1. The Hall–Kier alpha value is -0.860. The zero-order chi connectivity index (χ0) is 13.1. The molecule has 1 aliphatic rings. The van der Waals surface area contributed by atoms with Crippen molar-refractivity contribution >= 4 is 11.8 Å². The van der Waals surface area contributed by atoms with Gasteiger partial charge in [-0.1, -0.05) is 13.3 Å². The molecule has 0 atom stereocenters. The second-order valence-electron chi connectivity index (χ2n) is 5.69. The third-order valence-corrected chi connectivity index (χ3v) is 3.99. The second-order valence-corrected chi connectivity index (χ2v) is 5.69. The van der Waals surface area contributed by atoms with E-state index in [1.165, 1.54) is 0 Å². The van der Waals surface area contributed by atoms with Crippen LogP contribution in [0.15, 0.2) is 0 Å². The molecule has 1 saturated carbocycles. The summed E-state index contributed by atoms with van der Waals surface area (Å²) in [7, 11) is 0. The van der Waals surface area contributed by atoms with Crippen molar-refractivity contribution in [3.63, 3.8) is 0 Å². The molecule has 3 nitrogen and oxygen atoms in total. The highest BCUT2D eigenvalue weighted by Crippen LogP contribution is 2.46. The first-order valence-corrected chi connectivity index (χ1v) is 6.57. The molecule has 1 fully saturated rings. The van der Waals surface area contributed by atoms with E-state index in [-0.39, 0.29) is 17.7 Å². The van der Waals surface area contributed by atoms with Crippen LogP contribution >= 0.6 is 0 Å². The highest BCUT2D eigenvalue weighted by Gasteiger charge is 2.46. The van der Waals surface area contributed by atoms with E-state index in [1.54, 1.807) is 6.92 Å². The van der Waals surface area contributed by atoms with Gasteiger partial charge in [0.2, 0.25) is 0 Å². The van der Waals surface area contributed by atoms with Crippen molar-refractivity contribution in [2.45, 2.75) is 53.4 Å². The Morgan fingerprint density at radius 1 is 1.29 bits per heavy atom. The van der Waals surface area contributed by atoms with Crippen LogP contribution in [0.5, 0.6) is 0 Å². The van der Waals surface area contributed by atoms with Crippen LogP contribution in [0.4, 0.5) is 0 Å². The fourth-order valence-corrected chi connectivity index (χ4v) is 2.20. The van der Waals surface area contributed by atoms with Gasteiger partial charge in [-0.15, -0.1) is 0 Å². The Morgan fingerprint density at radius 3 is 2.35 bits per heavy atom. The highest BCUT2D eigenvalue weighted by atomic mass is 16.5. The van der Waals surface area contributed by atoms with Crippen molar-refractivity contribution in [1.82, 2.24) is 0 Å². The van der Waals surface area contributed by atoms with E-state index >= 15 is 0 Å². The molecule has 0 aromatic carbocycles. The fraction of sp³-hybridized carbons (Fsp3) is 0.857. The molecular weight excluding hydrogens is 216 g/mol. The van der Waals surface area contributed by atoms with Gasteiger partial charge in [0.1, 0.15) is 5.78 Å². The van der Waals surface area contributed by atoms with E-state index < -0.39 is 5.41 Å². The zero-order valence-corrected chi connectivity index (χ0v) is 11.4. The van der Waals surface area contributed by atoms with Gasteiger partial charge in [0.15, 0.2) is 0 Å². The molecule has 0 amide bonds. The van der Waals surface area contributed by atoms with Crippen LogP contribution in [0.3, 0.4) is 0 Å². The molecule has 0 N–H and O–H groups in total. The Labute approximate surface area is 104 Å². The number of rotatable bonds is 6. The molecule has 0 aromatic rings. The number of hydrogen-bond acceptors (Lipinski definition) is 3. The van der Waals surface area contributed by atoms with Gasteiger partial charge >= 0.3 is 5.97 Å². The topological polar surface area (TPSA) is 43.4 Å². The third-order valence-electron chi connectivity index (χ3n) is 3.99. The van der Waals surface area contributed by atoms with Gasteiger partial charge < -0.3 is 4.74 Å². The summed E-state index contributed by atoms with van der Waals surface area (Å²) in [6.45, 7) is 8.09. The summed E-state index contributed by atoms with van der Waals surface area (Å²) in [6.07, 6.45) is 3.63. The molecule has 0 unspecified atom stereocenters. The molecule has 1 aliphatic carbocycles. The molecule has 0 spiro atoms. The molecule has 0 heterocycles. The van der Waals surface area contributed by atoms with Crippen LogP contribution in [0, 0.1) is 17.3 Å². The molecule has 3 heteroatoms. The lowest BCUT2D eigenvalue weighted by atomic mass is 9.61. The lowest BCUT2D eigenvalue weighted by Crippen LogP contribution is -2.43. The first-order chi connectivity index (χ1) is 7.89. The number of unbranched alkanes of at least 4 members (excludes halogenated alkanes) is 1. The van der Waals surface area contributed by atoms with E-state index in [4.69, 9.17) is 4.74 Å². The first-order valence-electron chi connectivity index (χ1n) is 6.57. The van der Waals surface area contributed by atoms with E-state index in [1.807, 2.05) is 13.8 Å². The van der Waals surface area contributed by atoms with Gasteiger partial charge in [0.05, 0.1) is 12.0 Å². The lowest BCUT2D eigenvalue weighted by molar-refractivity contribution is -0.161. The fourth-order valence-electron chi connectivity index (χ4n) is 2.20. The van der Waals surface area contributed by atoms with Gasteiger partial charge in [-0.2, -0.15) is 0 Å². The van der Waals surface area contributed by atoms with Gasteiger partial charge in [-0.3, -0.25) is 9.59 Å². The van der Waals surface area contributed by atoms with Crippen molar-refractivity contribution in [1.29, 1.82) is 0 Å². The maximum Gasteiger partial charge on any atom is 0.311 e. The summed E-state index contributed by atoms with van der Waals surface area (Å²) in [5, 5.41) is 0. The summed E-state index contributed by atoms with van der Waals surface area (Å²) in [6, 6.07) is 0. The van der Waals surface area contributed by atoms with Crippen LogP contribution < -0.4 is 0 Å². The summed E-state index contributed by atoms with van der Waals surface area (Å²) < 4.78 is 5.28. The zero-order valence-electron chi connectivity index (χ0n) is 11.4. The molecule has 0 aliphatic heterocycles. The van der Waals surface area contributed by atoms with Crippen LogP contribution in [0.25, 0.3) is 0 Å². The van der Waals surface area contributed by atoms with Crippen molar-refractivity contribution < 1.29 is 14.3 Å². The molecule has 0 radical (unpaired) electrons. The van der Waals surface area contributed by atoms with E-state index in [2.05, 4.69) is 6.92 Å². The number of carbonyl (C=O) groups is 2. The smallest absolute Gasteiger partial charge is 0.311 e. The van der Waals surface area contributed by atoms with E-state index in [0.717, 1.165) is 25.7 Å². The van der Waals surface area contributed by atoms with Crippen molar-refractivity contribution in [2.75, 3.05) is 6.61 Å². The van der Waals surface area contributed by atoms with Crippen LogP contribution in [0.2, 0.25) is 0 Å². The van der Waals surface area contributed by atoms with Crippen molar-refractivity contribution in [2.24, 2.45) is 17.3 Å². The van der Waals surface area contributed by atoms with Crippen molar-refractivity contribution in [3.8, 4) is 0 Å². The van der Waals surface area contributed by atoms with Gasteiger partial charge in [-0.25, -0.2) is 0 Å². The monoisotopic (exact) mass is 240 g/mol. The molecule has 17 heavy (non-hydrogen) atoms. The molecule has 0 aromatic heterocycles. The standard InChI is InChI=1S/C14H24O3/c1-5-6-7-17-13(16)14(3,4)12-8-11(9-12)10(2)15/h11-12H,5-9H2,1-4H3. The first kappa shape index (κ1) is 14.2. The number of esters is 1.